The molecule has 0 fully saturated rings. The number of aliphatic hydroxyl groups excluding tert-OH is 1. The van der Waals surface area contributed by atoms with Crippen molar-refractivity contribution in [2.45, 2.75) is 82.6 Å². The van der Waals surface area contributed by atoms with Crippen LogP contribution in [0.4, 0.5) is 0 Å². The molecule has 5 heteroatoms. The standard InChI is InChI=1S/C19H32O4S/c1-3-4-5-6-7-8-9-10-11-18(20)16-23-24(21,22)19-14-12-17(2)13-15-19/h12-15,18,20H,3-11,16H2,1-2H3. The Morgan fingerprint density at radius 1 is 0.958 bits per heavy atom. The van der Waals surface area contributed by atoms with Gasteiger partial charge in [-0.25, -0.2) is 0 Å². The molecule has 0 aliphatic heterocycles. The summed E-state index contributed by atoms with van der Waals surface area (Å²) in [6.45, 7) is 3.93. The van der Waals surface area contributed by atoms with E-state index in [0.29, 0.717) is 6.42 Å². The molecule has 0 bridgehead atoms. The molecule has 0 spiro atoms. The average Bonchev–Trinajstić information content (AvgIpc) is 2.56. The van der Waals surface area contributed by atoms with E-state index in [9.17, 15) is 13.5 Å². The summed E-state index contributed by atoms with van der Waals surface area (Å²) in [5.41, 5.74) is 0.990. The minimum Gasteiger partial charge on any atom is -0.391 e. The van der Waals surface area contributed by atoms with Crippen LogP contribution < -0.4 is 0 Å². The SMILES string of the molecule is CCCCCCCCCCC(O)COS(=O)(=O)c1ccc(C)cc1. The third kappa shape index (κ3) is 8.81. The first-order valence-corrected chi connectivity index (χ1v) is 10.5. The molecule has 4 nitrogen and oxygen atoms in total. The highest BCUT2D eigenvalue weighted by Crippen LogP contribution is 2.15. The van der Waals surface area contributed by atoms with Gasteiger partial charge in [-0.05, 0) is 25.5 Å². The first-order chi connectivity index (χ1) is 11.5. The fourth-order valence-electron chi connectivity index (χ4n) is 2.54. The van der Waals surface area contributed by atoms with Crippen molar-refractivity contribution in [3.8, 4) is 0 Å². The quantitative estimate of drug-likeness (QED) is 0.415. The molecular weight excluding hydrogens is 324 g/mol. The van der Waals surface area contributed by atoms with Gasteiger partial charge in [0.05, 0.1) is 17.6 Å². The molecule has 1 unspecified atom stereocenters. The molecule has 1 N–H and O–H groups in total. The molecule has 1 aromatic carbocycles. The zero-order valence-corrected chi connectivity index (χ0v) is 15.9. The maximum atomic E-state index is 12.0. The second-order valence-corrected chi connectivity index (χ2v) is 8.08. The van der Waals surface area contributed by atoms with Crippen LogP contribution in [0.1, 0.15) is 70.3 Å². The smallest absolute Gasteiger partial charge is 0.297 e. The molecule has 138 valence electrons. The molecule has 0 amide bonds. The Labute approximate surface area is 147 Å². The lowest BCUT2D eigenvalue weighted by Crippen LogP contribution is -2.19. The molecule has 0 aliphatic rings. The number of aryl methyl sites for hydroxylation is 1. The van der Waals surface area contributed by atoms with Crippen LogP contribution in [-0.4, -0.2) is 26.2 Å². The Kier molecular flexibility index (Phi) is 10.2. The van der Waals surface area contributed by atoms with Gasteiger partial charge in [-0.2, -0.15) is 8.42 Å². The second-order valence-electron chi connectivity index (χ2n) is 6.47. The third-order valence-electron chi connectivity index (χ3n) is 4.12. The molecule has 1 atom stereocenters. The van der Waals surface area contributed by atoms with Crippen LogP contribution in [0.5, 0.6) is 0 Å². The lowest BCUT2D eigenvalue weighted by molar-refractivity contribution is 0.100. The van der Waals surface area contributed by atoms with Gasteiger partial charge in [0.25, 0.3) is 10.1 Å². The van der Waals surface area contributed by atoms with Gasteiger partial charge in [0.15, 0.2) is 0 Å². The summed E-state index contributed by atoms with van der Waals surface area (Å²) in [7, 11) is -3.78. The summed E-state index contributed by atoms with van der Waals surface area (Å²) in [6, 6.07) is 6.51. The van der Waals surface area contributed by atoms with E-state index < -0.39 is 16.2 Å². The van der Waals surface area contributed by atoms with Crippen LogP contribution in [0.3, 0.4) is 0 Å². The summed E-state index contributed by atoms with van der Waals surface area (Å²) >= 11 is 0. The van der Waals surface area contributed by atoms with E-state index in [2.05, 4.69) is 6.92 Å². The Hall–Kier alpha value is -0.910. The van der Waals surface area contributed by atoms with Crippen LogP contribution in [-0.2, 0) is 14.3 Å². The topological polar surface area (TPSA) is 63.6 Å². The number of hydrogen-bond acceptors (Lipinski definition) is 4. The largest absolute Gasteiger partial charge is 0.391 e. The number of unbranched alkanes of at least 4 members (excludes halogenated alkanes) is 7. The fourth-order valence-corrected chi connectivity index (χ4v) is 3.48. The van der Waals surface area contributed by atoms with Gasteiger partial charge in [0.1, 0.15) is 0 Å². The number of aliphatic hydroxyl groups is 1. The van der Waals surface area contributed by atoms with Crippen LogP contribution in [0.15, 0.2) is 29.2 Å². The van der Waals surface area contributed by atoms with E-state index >= 15 is 0 Å². The molecule has 24 heavy (non-hydrogen) atoms. The average molecular weight is 357 g/mol. The number of rotatable bonds is 13. The van der Waals surface area contributed by atoms with Gasteiger partial charge in [-0.15, -0.1) is 0 Å². The molecule has 0 aliphatic carbocycles. The van der Waals surface area contributed by atoms with Gasteiger partial charge >= 0.3 is 0 Å². The van der Waals surface area contributed by atoms with Crippen molar-refractivity contribution in [3.05, 3.63) is 29.8 Å². The highest BCUT2D eigenvalue weighted by Gasteiger charge is 2.17. The second kappa shape index (κ2) is 11.6. The van der Waals surface area contributed by atoms with E-state index in [1.54, 1.807) is 12.1 Å². The lowest BCUT2D eigenvalue weighted by atomic mass is 10.1. The first-order valence-electron chi connectivity index (χ1n) is 9.10. The van der Waals surface area contributed by atoms with E-state index in [-0.39, 0.29) is 11.5 Å². The number of hydrogen-bond donors (Lipinski definition) is 1. The van der Waals surface area contributed by atoms with Gasteiger partial charge < -0.3 is 5.11 Å². The Bertz CT molecular complexity index is 537. The molecule has 1 aromatic rings. The van der Waals surface area contributed by atoms with Crippen LogP contribution in [0, 0.1) is 6.92 Å². The lowest BCUT2D eigenvalue weighted by Gasteiger charge is -2.11. The molecule has 1 rings (SSSR count). The van der Waals surface area contributed by atoms with Gasteiger partial charge in [-0.1, -0.05) is 76.0 Å². The Balaban J connectivity index is 2.17. The highest BCUT2D eigenvalue weighted by atomic mass is 32.2. The van der Waals surface area contributed by atoms with E-state index in [1.165, 1.54) is 50.7 Å². The first kappa shape index (κ1) is 21.1. The van der Waals surface area contributed by atoms with Crippen molar-refractivity contribution in [3.63, 3.8) is 0 Å². The highest BCUT2D eigenvalue weighted by molar-refractivity contribution is 7.86. The maximum Gasteiger partial charge on any atom is 0.297 e. The van der Waals surface area contributed by atoms with Crippen LogP contribution >= 0.6 is 0 Å². The van der Waals surface area contributed by atoms with Crippen molar-refractivity contribution in [2.24, 2.45) is 0 Å². The van der Waals surface area contributed by atoms with Crippen molar-refractivity contribution in [2.75, 3.05) is 6.61 Å². The molecule has 0 radical (unpaired) electrons. The maximum absolute atomic E-state index is 12.0. The number of benzene rings is 1. The summed E-state index contributed by atoms with van der Waals surface area (Å²) < 4.78 is 29.0. The van der Waals surface area contributed by atoms with Crippen molar-refractivity contribution in [1.82, 2.24) is 0 Å². The molecule has 0 aromatic heterocycles. The molecule has 0 heterocycles. The third-order valence-corrected chi connectivity index (χ3v) is 5.41. The molecular formula is C19H32O4S. The molecule has 0 saturated carbocycles. The zero-order chi connectivity index (χ0) is 17.8. The minimum atomic E-state index is -3.78. The predicted molar refractivity (Wildman–Crippen MR) is 97.6 cm³/mol. The fraction of sp³-hybridized carbons (Fsp3) is 0.684. The summed E-state index contributed by atoms with van der Waals surface area (Å²) in [6.07, 6.45) is 9.43. The van der Waals surface area contributed by atoms with Crippen molar-refractivity contribution < 1.29 is 17.7 Å². The minimum absolute atomic E-state index is 0.132. The summed E-state index contributed by atoms with van der Waals surface area (Å²) in [5, 5.41) is 9.89. The van der Waals surface area contributed by atoms with E-state index in [4.69, 9.17) is 4.18 Å². The Morgan fingerprint density at radius 2 is 1.50 bits per heavy atom. The van der Waals surface area contributed by atoms with Crippen LogP contribution in [0.25, 0.3) is 0 Å². The summed E-state index contributed by atoms with van der Waals surface area (Å²) in [4.78, 5) is 0.132. The summed E-state index contributed by atoms with van der Waals surface area (Å²) in [5.74, 6) is 0. The van der Waals surface area contributed by atoms with Gasteiger partial charge in [-0.3, -0.25) is 4.18 Å². The molecule has 0 saturated heterocycles. The monoisotopic (exact) mass is 356 g/mol. The van der Waals surface area contributed by atoms with Gasteiger partial charge in [0.2, 0.25) is 0 Å². The van der Waals surface area contributed by atoms with Crippen LogP contribution in [0.2, 0.25) is 0 Å². The van der Waals surface area contributed by atoms with Crippen molar-refractivity contribution >= 4 is 10.1 Å². The van der Waals surface area contributed by atoms with Gasteiger partial charge in [0, 0.05) is 0 Å². The predicted octanol–water partition coefficient (Wildman–Crippen LogP) is 4.59. The Morgan fingerprint density at radius 3 is 2.08 bits per heavy atom. The van der Waals surface area contributed by atoms with Crippen molar-refractivity contribution in [1.29, 1.82) is 0 Å². The van der Waals surface area contributed by atoms with E-state index in [0.717, 1.165) is 18.4 Å². The zero-order valence-electron chi connectivity index (χ0n) is 15.0. The van der Waals surface area contributed by atoms with E-state index in [1.807, 2.05) is 6.92 Å². The normalized spacial score (nSPS) is 13.1.